The number of hydrogen-bond donors (Lipinski definition) is 0. The molecule has 0 N–H and O–H groups in total. The van der Waals surface area contributed by atoms with Gasteiger partial charge in [-0.1, -0.05) is 12.2 Å². The molecule has 1 aliphatic carbocycles. The molecule has 5 nitrogen and oxygen atoms in total. The minimum Gasteiger partial charge on any atom is -0.379 e. The highest BCUT2D eigenvalue weighted by Gasteiger charge is 2.27. The first kappa shape index (κ1) is 15.0. The van der Waals surface area contributed by atoms with E-state index in [1.165, 1.54) is 0 Å². The maximum atomic E-state index is 12.4. The van der Waals surface area contributed by atoms with E-state index in [2.05, 4.69) is 17.1 Å². The first-order valence-corrected chi connectivity index (χ1v) is 8.17. The van der Waals surface area contributed by atoms with Gasteiger partial charge in [0.25, 0.3) is 0 Å². The van der Waals surface area contributed by atoms with Crippen LogP contribution in [0.15, 0.2) is 12.2 Å². The summed E-state index contributed by atoms with van der Waals surface area (Å²) in [6, 6.07) is 0. The molecule has 0 aromatic carbocycles. The van der Waals surface area contributed by atoms with Crippen LogP contribution in [0.5, 0.6) is 0 Å². The average molecular weight is 294 g/mol. The molecular formula is C16H26N2O3. The molecule has 2 saturated heterocycles. The molecule has 0 aromatic rings. The Morgan fingerprint density at radius 3 is 2.81 bits per heavy atom. The first-order valence-electron chi connectivity index (χ1n) is 8.17. The Kier molecular flexibility index (Phi) is 5.27. The van der Waals surface area contributed by atoms with Crippen molar-refractivity contribution in [2.75, 3.05) is 52.5 Å². The van der Waals surface area contributed by atoms with Crippen molar-refractivity contribution in [1.82, 2.24) is 9.80 Å². The summed E-state index contributed by atoms with van der Waals surface area (Å²) in [6.45, 7) is 6.63. The number of hydrogen-bond acceptors (Lipinski definition) is 4. The molecule has 5 heteroatoms. The maximum Gasteiger partial charge on any atom is 0.223 e. The second-order valence-electron chi connectivity index (χ2n) is 6.22. The van der Waals surface area contributed by atoms with Gasteiger partial charge in [-0.25, -0.2) is 0 Å². The SMILES string of the molecule is O=C(CC1C=CCC1)N1CCOC(CN2CCOCC2)C1. The van der Waals surface area contributed by atoms with Gasteiger partial charge in [0.2, 0.25) is 5.91 Å². The quantitative estimate of drug-likeness (QED) is 0.723. The van der Waals surface area contributed by atoms with E-state index in [0.717, 1.165) is 58.8 Å². The Bertz CT molecular complexity index is 380. The number of morpholine rings is 2. The number of carbonyl (C=O) groups excluding carboxylic acids is 1. The first-order chi connectivity index (χ1) is 10.3. The van der Waals surface area contributed by atoms with E-state index in [1.54, 1.807) is 0 Å². The van der Waals surface area contributed by atoms with Crippen LogP contribution in [0.3, 0.4) is 0 Å². The highest BCUT2D eigenvalue weighted by atomic mass is 16.5. The number of ether oxygens (including phenoxy) is 2. The van der Waals surface area contributed by atoms with E-state index in [1.807, 2.05) is 4.90 Å². The van der Waals surface area contributed by atoms with Crippen molar-refractivity contribution < 1.29 is 14.3 Å². The minimum absolute atomic E-state index is 0.153. The molecule has 1 amide bonds. The Balaban J connectivity index is 1.45. The summed E-state index contributed by atoms with van der Waals surface area (Å²) >= 11 is 0. The standard InChI is InChI=1S/C16H26N2O3/c19-16(11-14-3-1-2-4-14)18-7-10-21-15(13-18)12-17-5-8-20-9-6-17/h1,3,14-15H,2,4-13H2. The molecule has 0 radical (unpaired) electrons. The van der Waals surface area contributed by atoms with E-state index in [-0.39, 0.29) is 6.10 Å². The molecule has 2 heterocycles. The van der Waals surface area contributed by atoms with Crippen LogP contribution in [-0.2, 0) is 14.3 Å². The van der Waals surface area contributed by atoms with Crippen molar-refractivity contribution in [3.05, 3.63) is 12.2 Å². The van der Waals surface area contributed by atoms with E-state index >= 15 is 0 Å². The van der Waals surface area contributed by atoms with Crippen LogP contribution >= 0.6 is 0 Å². The molecule has 0 aromatic heterocycles. The van der Waals surface area contributed by atoms with Gasteiger partial charge < -0.3 is 14.4 Å². The van der Waals surface area contributed by atoms with Crippen LogP contribution < -0.4 is 0 Å². The zero-order chi connectivity index (χ0) is 14.5. The van der Waals surface area contributed by atoms with Gasteiger partial charge in [-0.05, 0) is 18.8 Å². The van der Waals surface area contributed by atoms with Gasteiger partial charge in [0, 0.05) is 39.1 Å². The van der Waals surface area contributed by atoms with Crippen LogP contribution in [0.25, 0.3) is 0 Å². The van der Waals surface area contributed by atoms with E-state index in [9.17, 15) is 4.79 Å². The van der Waals surface area contributed by atoms with Gasteiger partial charge in [0.05, 0.1) is 25.9 Å². The lowest BCUT2D eigenvalue weighted by molar-refractivity contribution is -0.140. The van der Waals surface area contributed by atoms with Crippen LogP contribution in [0.1, 0.15) is 19.3 Å². The molecule has 2 fully saturated rings. The summed E-state index contributed by atoms with van der Waals surface area (Å²) in [5.41, 5.74) is 0. The normalized spacial score (nSPS) is 30.8. The van der Waals surface area contributed by atoms with Gasteiger partial charge in [-0.15, -0.1) is 0 Å². The monoisotopic (exact) mass is 294 g/mol. The van der Waals surface area contributed by atoms with Crippen LogP contribution in [0.2, 0.25) is 0 Å². The third-order valence-electron chi connectivity index (χ3n) is 4.61. The summed E-state index contributed by atoms with van der Waals surface area (Å²) in [5, 5.41) is 0. The minimum atomic E-state index is 0.153. The third kappa shape index (κ3) is 4.28. The average Bonchev–Trinajstić information content (AvgIpc) is 3.01. The predicted octanol–water partition coefficient (Wildman–Crippen LogP) is 0.902. The lowest BCUT2D eigenvalue weighted by Crippen LogP contribution is -2.51. The van der Waals surface area contributed by atoms with Crippen LogP contribution in [0.4, 0.5) is 0 Å². The van der Waals surface area contributed by atoms with Gasteiger partial charge >= 0.3 is 0 Å². The van der Waals surface area contributed by atoms with E-state index in [0.29, 0.717) is 24.9 Å². The van der Waals surface area contributed by atoms with E-state index in [4.69, 9.17) is 9.47 Å². The molecular weight excluding hydrogens is 268 g/mol. The fourth-order valence-corrected chi connectivity index (χ4v) is 3.35. The molecule has 0 bridgehead atoms. The number of rotatable bonds is 4. The van der Waals surface area contributed by atoms with Crippen LogP contribution in [0, 0.1) is 5.92 Å². The maximum absolute atomic E-state index is 12.4. The molecule has 3 aliphatic rings. The lowest BCUT2D eigenvalue weighted by Gasteiger charge is -2.37. The smallest absolute Gasteiger partial charge is 0.223 e. The Morgan fingerprint density at radius 2 is 2.05 bits per heavy atom. The van der Waals surface area contributed by atoms with Crippen molar-refractivity contribution in [2.45, 2.75) is 25.4 Å². The molecule has 2 aliphatic heterocycles. The zero-order valence-corrected chi connectivity index (χ0v) is 12.7. The Morgan fingerprint density at radius 1 is 1.19 bits per heavy atom. The summed E-state index contributed by atoms with van der Waals surface area (Å²) in [6.07, 6.45) is 7.47. The molecule has 0 spiro atoms. The van der Waals surface area contributed by atoms with Gasteiger partial charge in [0.15, 0.2) is 0 Å². The lowest BCUT2D eigenvalue weighted by atomic mass is 10.0. The summed E-state index contributed by atoms with van der Waals surface area (Å²) < 4.78 is 11.2. The Labute approximate surface area is 126 Å². The van der Waals surface area contributed by atoms with Crippen molar-refractivity contribution >= 4 is 5.91 Å². The molecule has 2 unspecified atom stereocenters. The van der Waals surface area contributed by atoms with E-state index < -0.39 is 0 Å². The second kappa shape index (κ2) is 7.38. The summed E-state index contributed by atoms with van der Waals surface area (Å²) in [5.74, 6) is 0.750. The fraction of sp³-hybridized carbons (Fsp3) is 0.812. The summed E-state index contributed by atoms with van der Waals surface area (Å²) in [7, 11) is 0. The van der Waals surface area contributed by atoms with Gasteiger partial charge in [-0.3, -0.25) is 9.69 Å². The van der Waals surface area contributed by atoms with Gasteiger partial charge in [0.1, 0.15) is 0 Å². The molecule has 21 heavy (non-hydrogen) atoms. The summed E-state index contributed by atoms with van der Waals surface area (Å²) in [4.78, 5) is 16.8. The largest absolute Gasteiger partial charge is 0.379 e. The van der Waals surface area contributed by atoms with Gasteiger partial charge in [-0.2, -0.15) is 0 Å². The van der Waals surface area contributed by atoms with Crippen LogP contribution in [-0.4, -0.2) is 74.4 Å². The number of carbonyl (C=O) groups is 1. The molecule has 3 rings (SSSR count). The molecule has 118 valence electrons. The predicted molar refractivity (Wildman–Crippen MR) is 80.1 cm³/mol. The Hall–Kier alpha value is -0.910. The zero-order valence-electron chi connectivity index (χ0n) is 12.7. The number of nitrogens with zero attached hydrogens (tertiary/aromatic N) is 2. The third-order valence-corrected chi connectivity index (χ3v) is 4.61. The fourth-order valence-electron chi connectivity index (χ4n) is 3.35. The van der Waals surface area contributed by atoms with Crippen molar-refractivity contribution in [3.63, 3.8) is 0 Å². The molecule has 2 atom stereocenters. The van der Waals surface area contributed by atoms with Crippen molar-refractivity contribution in [1.29, 1.82) is 0 Å². The number of amides is 1. The highest BCUT2D eigenvalue weighted by Crippen LogP contribution is 2.22. The highest BCUT2D eigenvalue weighted by molar-refractivity contribution is 5.76. The topological polar surface area (TPSA) is 42.0 Å². The number of allylic oxidation sites excluding steroid dienone is 2. The second-order valence-corrected chi connectivity index (χ2v) is 6.22. The van der Waals surface area contributed by atoms with Crippen molar-refractivity contribution in [3.8, 4) is 0 Å². The van der Waals surface area contributed by atoms with Crippen molar-refractivity contribution in [2.24, 2.45) is 5.92 Å². The molecule has 0 saturated carbocycles.